The maximum absolute atomic E-state index is 12.2. The SMILES string of the molecule is Cc1oc(C)c(C(=O)N[C@@H](C)C(=O)OC(C)(C)C)c1C. The van der Waals surface area contributed by atoms with Gasteiger partial charge in [0.15, 0.2) is 0 Å². The first kappa shape index (κ1) is 16.3. The number of carbonyl (C=O) groups excluding carboxylic acids is 2. The number of aryl methyl sites for hydroxylation is 2. The van der Waals surface area contributed by atoms with Crippen molar-refractivity contribution in [2.45, 2.75) is 60.1 Å². The predicted molar refractivity (Wildman–Crippen MR) is 75.7 cm³/mol. The van der Waals surface area contributed by atoms with E-state index in [1.54, 1.807) is 41.5 Å². The maximum Gasteiger partial charge on any atom is 0.328 e. The lowest BCUT2D eigenvalue weighted by Gasteiger charge is -2.22. The molecule has 0 aliphatic heterocycles. The molecule has 1 N–H and O–H groups in total. The van der Waals surface area contributed by atoms with Crippen LogP contribution in [-0.4, -0.2) is 23.5 Å². The lowest BCUT2D eigenvalue weighted by Crippen LogP contribution is -2.42. The summed E-state index contributed by atoms with van der Waals surface area (Å²) in [6.45, 7) is 12.3. The Labute approximate surface area is 119 Å². The highest BCUT2D eigenvalue weighted by Gasteiger charge is 2.25. The summed E-state index contributed by atoms with van der Waals surface area (Å²) in [6.07, 6.45) is 0. The molecular formula is C15H23NO4. The lowest BCUT2D eigenvalue weighted by atomic mass is 10.1. The lowest BCUT2D eigenvalue weighted by molar-refractivity contribution is -0.156. The van der Waals surface area contributed by atoms with E-state index in [0.717, 1.165) is 5.56 Å². The normalized spacial score (nSPS) is 12.9. The van der Waals surface area contributed by atoms with Gasteiger partial charge in [-0.25, -0.2) is 4.79 Å². The van der Waals surface area contributed by atoms with Gasteiger partial charge in [-0.1, -0.05) is 0 Å². The van der Waals surface area contributed by atoms with Crippen LogP contribution in [0.5, 0.6) is 0 Å². The van der Waals surface area contributed by atoms with Crippen LogP contribution in [0.15, 0.2) is 4.42 Å². The Morgan fingerprint density at radius 1 is 1.15 bits per heavy atom. The highest BCUT2D eigenvalue weighted by Crippen LogP contribution is 2.20. The van der Waals surface area contributed by atoms with Crippen molar-refractivity contribution in [2.75, 3.05) is 0 Å². The second-order valence-corrected chi connectivity index (χ2v) is 5.94. The van der Waals surface area contributed by atoms with Gasteiger partial charge < -0.3 is 14.5 Å². The summed E-state index contributed by atoms with van der Waals surface area (Å²) in [7, 11) is 0. The Hall–Kier alpha value is -1.78. The second-order valence-electron chi connectivity index (χ2n) is 5.94. The average molecular weight is 281 g/mol. The number of amides is 1. The van der Waals surface area contributed by atoms with Crippen LogP contribution >= 0.6 is 0 Å². The van der Waals surface area contributed by atoms with Gasteiger partial charge in [-0.05, 0) is 48.5 Å². The fourth-order valence-electron chi connectivity index (χ4n) is 1.85. The zero-order chi connectivity index (χ0) is 15.7. The number of nitrogens with one attached hydrogen (secondary N) is 1. The minimum absolute atomic E-state index is 0.324. The topological polar surface area (TPSA) is 68.5 Å². The van der Waals surface area contributed by atoms with Crippen molar-refractivity contribution in [2.24, 2.45) is 0 Å². The first-order valence-corrected chi connectivity index (χ1v) is 6.63. The van der Waals surface area contributed by atoms with Gasteiger partial charge >= 0.3 is 5.97 Å². The highest BCUT2D eigenvalue weighted by molar-refractivity contribution is 5.98. The van der Waals surface area contributed by atoms with E-state index in [1.807, 2.05) is 6.92 Å². The van der Waals surface area contributed by atoms with E-state index in [1.165, 1.54) is 0 Å². The quantitative estimate of drug-likeness (QED) is 0.865. The fraction of sp³-hybridized carbons (Fsp3) is 0.600. The molecule has 0 saturated heterocycles. The second kappa shape index (κ2) is 5.69. The number of hydrogen-bond donors (Lipinski definition) is 1. The van der Waals surface area contributed by atoms with Crippen LogP contribution in [-0.2, 0) is 9.53 Å². The number of rotatable bonds is 3. The Morgan fingerprint density at radius 3 is 2.10 bits per heavy atom. The van der Waals surface area contributed by atoms with Crippen LogP contribution in [0.2, 0.25) is 0 Å². The monoisotopic (exact) mass is 281 g/mol. The summed E-state index contributed by atoms with van der Waals surface area (Å²) >= 11 is 0. The molecule has 0 unspecified atom stereocenters. The summed E-state index contributed by atoms with van der Waals surface area (Å²) in [6, 6.07) is -0.712. The third kappa shape index (κ3) is 3.85. The summed E-state index contributed by atoms with van der Waals surface area (Å²) in [4.78, 5) is 24.0. The van der Waals surface area contributed by atoms with E-state index in [2.05, 4.69) is 5.32 Å². The van der Waals surface area contributed by atoms with Gasteiger partial charge in [0, 0.05) is 5.56 Å². The molecule has 0 radical (unpaired) electrons. The number of furan rings is 1. The number of hydrogen-bond acceptors (Lipinski definition) is 4. The fourth-order valence-corrected chi connectivity index (χ4v) is 1.85. The Balaban J connectivity index is 2.78. The van der Waals surface area contributed by atoms with Crippen LogP contribution in [0.3, 0.4) is 0 Å². The van der Waals surface area contributed by atoms with E-state index < -0.39 is 17.6 Å². The first-order valence-electron chi connectivity index (χ1n) is 6.63. The zero-order valence-electron chi connectivity index (χ0n) is 13.2. The standard InChI is InChI=1S/C15H23NO4/c1-8-10(3)19-11(4)12(8)13(17)16-9(2)14(18)20-15(5,6)7/h9H,1-7H3,(H,16,17)/t9-/m0/s1. The van der Waals surface area contributed by atoms with E-state index in [-0.39, 0.29) is 5.91 Å². The molecule has 1 rings (SSSR count). The molecule has 1 aromatic rings. The third-order valence-corrected chi connectivity index (χ3v) is 2.90. The van der Waals surface area contributed by atoms with Crippen LogP contribution in [0.25, 0.3) is 0 Å². The molecule has 5 nitrogen and oxygen atoms in total. The van der Waals surface area contributed by atoms with Crippen LogP contribution in [0.4, 0.5) is 0 Å². The summed E-state index contributed by atoms with van der Waals surface area (Å²) in [5.74, 6) is 0.475. The number of esters is 1. The van der Waals surface area contributed by atoms with Crippen LogP contribution in [0, 0.1) is 20.8 Å². The average Bonchev–Trinajstić information content (AvgIpc) is 2.50. The molecule has 1 heterocycles. The molecular weight excluding hydrogens is 258 g/mol. The predicted octanol–water partition coefficient (Wildman–Crippen LogP) is 2.66. The Morgan fingerprint density at radius 2 is 1.70 bits per heavy atom. The largest absolute Gasteiger partial charge is 0.466 e. The first-order chi connectivity index (χ1) is 9.03. The minimum atomic E-state index is -0.712. The van der Waals surface area contributed by atoms with Gasteiger partial charge in [0.2, 0.25) is 0 Å². The molecule has 1 atom stereocenters. The minimum Gasteiger partial charge on any atom is -0.466 e. The highest BCUT2D eigenvalue weighted by atomic mass is 16.6. The van der Waals surface area contributed by atoms with Gasteiger partial charge in [0.25, 0.3) is 5.91 Å². The molecule has 0 aliphatic rings. The van der Waals surface area contributed by atoms with E-state index >= 15 is 0 Å². The Bertz CT molecular complexity index is 523. The maximum atomic E-state index is 12.2. The molecule has 0 aromatic carbocycles. The van der Waals surface area contributed by atoms with Crippen molar-refractivity contribution in [3.63, 3.8) is 0 Å². The summed E-state index contributed by atoms with van der Waals surface area (Å²) < 4.78 is 10.6. The molecule has 0 aliphatic carbocycles. The molecule has 112 valence electrons. The molecule has 5 heteroatoms. The summed E-state index contributed by atoms with van der Waals surface area (Å²) in [5.41, 5.74) is 0.697. The third-order valence-electron chi connectivity index (χ3n) is 2.90. The van der Waals surface area contributed by atoms with Crippen molar-refractivity contribution in [1.82, 2.24) is 5.32 Å². The van der Waals surface area contributed by atoms with E-state index in [9.17, 15) is 9.59 Å². The molecule has 1 aromatic heterocycles. The van der Waals surface area contributed by atoms with Crippen molar-refractivity contribution in [3.8, 4) is 0 Å². The molecule has 0 bridgehead atoms. The van der Waals surface area contributed by atoms with Gasteiger partial charge in [-0.15, -0.1) is 0 Å². The molecule has 0 spiro atoms. The number of ether oxygens (including phenoxy) is 1. The molecule has 1 amide bonds. The van der Waals surface area contributed by atoms with Gasteiger partial charge in [0.05, 0.1) is 5.56 Å². The zero-order valence-corrected chi connectivity index (χ0v) is 13.2. The summed E-state index contributed by atoms with van der Waals surface area (Å²) in [5, 5.41) is 2.64. The number of carbonyl (C=O) groups is 2. The Kier molecular flexibility index (Phi) is 4.63. The van der Waals surface area contributed by atoms with E-state index in [4.69, 9.17) is 9.15 Å². The molecule has 20 heavy (non-hydrogen) atoms. The van der Waals surface area contributed by atoms with E-state index in [0.29, 0.717) is 17.1 Å². The van der Waals surface area contributed by atoms with Gasteiger partial charge in [-0.2, -0.15) is 0 Å². The molecule has 0 saturated carbocycles. The van der Waals surface area contributed by atoms with Crippen molar-refractivity contribution in [1.29, 1.82) is 0 Å². The van der Waals surface area contributed by atoms with Crippen molar-refractivity contribution < 1.29 is 18.7 Å². The van der Waals surface area contributed by atoms with Crippen LogP contribution < -0.4 is 5.32 Å². The van der Waals surface area contributed by atoms with Crippen LogP contribution in [0.1, 0.15) is 55.1 Å². The smallest absolute Gasteiger partial charge is 0.328 e. The van der Waals surface area contributed by atoms with Crippen molar-refractivity contribution >= 4 is 11.9 Å². The van der Waals surface area contributed by atoms with Crippen molar-refractivity contribution in [3.05, 3.63) is 22.6 Å². The van der Waals surface area contributed by atoms with Gasteiger partial charge in [-0.3, -0.25) is 4.79 Å². The molecule has 0 fully saturated rings. The van der Waals surface area contributed by atoms with Gasteiger partial charge in [0.1, 0.15) is 23.2 Å².